The maximum absolute atomic E-state index is 14.8. The zero-order chi connectivity index (χ0) is 23.7. The van der Waals surface area contributed by atoms with E-state index in [1.165, 1.54) is 13.0 Å². The Morgan fingerprint density at radius 2 is 1.85 bits per heavy atom. The molecule has 1 aliphatic carbocycles. The van der Waals surface area contributed by atoms with Crippen LogP contribution in [-0.4, -0.2) is 29.9 Å². The number of halogens is 1. The first kappa shape index (κ1) is 22.9. The minimum Gasteiger partial charge on any atom is -0.339 e. The van der Waals surface area contributed by atoms with E-state index >= 15 is 0 Å². The summed E-state index contributed by atoms with van der Waals surface area (Å²) < 4.78 is 14.8. The second-order valence-electron chi connectivity index (χ2n) is 9.33. The molecular formula is C26H29FN4O2. The Bertz CT molecular complexity index is 1090. The van der Waals surface area contributed by atoms with E-state index in [0.717, 1.165) is 12.0 Å². The van der Waals surface area contributed by atoms with Crippen LogP contribution < -0.4 is 16.0 Å². The number of piperidine rings is 1. The molecule has 0 unspecified atom stereocenters. The summed E-state index contributed by atoms with van der Waals surface area (Å²) >= 11 is 0. The van der Waals surface area contributed by atoms with E-state index in [4.69, 9.17) is 0 Å². The van der Waals surface area contributed by atoms with Gasteiger partial charge in [-0.1, -0.05) is 38.1 Å². The lowest BCUT2D eigenvalue weighted by Gasteiger charge is -2.32. The van der Waals surface area contributed by atoms with Gasteiger partial charge in [-0.25, -0.2) is 4.39 Å². The van der Waals surface area contributed by atoms with Gasteiger partial charge in [0.2, 0.25) is 11.8 Å². The van der Waals surface area contributed by atoms with Crippen LogP contribution in [0.1, 0.15) is 32.8 Å². The number of carbonyl (C=O) groups excluding carboxylic acids is 2. The molecule has 0 spiro atoms. The highest BCUT2D eigenvalue weighted by Crippen LogP contribution is 2.44. The van der Waals surface area contributed by atoms with Gasteiger partial charge in [-0.2, -0.15) is 5.26 Å². The number of hydrogen-bond acceptors (Lipinski definition) is 4. The molecule has 4 rings (SSSR count). The molecule has 2 aromatic carbocycles. The number of rotatable bonds is 6. The fourth-order valence-corrected chi connectivity index (χ4v) is 5.21. The maximum atomic E-state index is 14.8. The number of anilines is 1. The molecule has 3 N–H and O–H groups in total. The van der Waals surface area contributed by atoms with Crippen LogP contribution in [0.15, 0.2) is 42.5 Å². The number of nitrogens with one attached hydrogen (secondary N) is 3. The zero-order valence-electron chi connectivity index (χ0n) is 19.1. The van der Waals surface area contributed by atoms with Crippen LogP contribution in [0.2, 0.25) is 0 Å². The van der Waals surface area contributed by atoms with Crippen molar-refractivity contribution in [1.82, 2.24) is 10.6 Å². The standard InChI is InChI=1S/C26H29FN4O2/c1-14-15(2)24-12-22(14)25(31-24)26(33)30-21(13-28)10-19-5-4-18(11-23(19)27)17-6-8-20(9-7-17)29-16(3)32/h4-9,11,14-15,21-22,24-25,31H,10,12H2,1-3H3,(H,29,32)(H,30,33)/t14-,15+,21+,22-,24+,25+/m1/s1. The van der Waals surface area contributed by atoms with Crippen molar-refractivity contribution in [3.63, 3.8) is 0 Å². The number of fused-ring (bicyclic) bond motifs is 2. The van der Waals surface area contributed by atoms with Gasteiger partial charge in [0.05, 0.1) is 12.1 Å². The Labute approximate surface area is 193 Å². The molecule has 1 saturated heterocycles. The fourth-order valence-electron chi connectivity index (χ4n) is 5.21. The van der Waals surface area contributed by atoms with Crippen molar-refractivity contribution in [2.24, 2.45) is 17.8 Å². The third-order valence-electron chi connectivity index (χ3n) is 7.26. The Hall–Kier alpha value is -3.24. The van der Waals surface area contributed by atoms with E-state index in [0.29, 0.717) is 34.7 Å². The summed E-state index contributed by atoms with van der Waals surface area (Å²) in [7, 11) is 0. The molecule has 2 amide bonds. The minimum atomic E-state index is -0.802. The third-order valence-corrected chi connectivity index (χ3v) is 7.26. The largest absolute Gasteiger partial charge is 0.339 e. The quantitative estimate of drug-likeness (QED) is 0.629. The van der Waals surface area contributed by atoms with E-state index in [2.05, 4.69) is 35.9 Å². The van der Waals surface area contributed by atoms with Crippen LogP contribution in [0.5, 0.6) is 0 Å². The molecule has 7 heteroatoms. The van der Waals surface area contributed by atoms with E-state index < -0.39 is 11.9 Å². The summed E-state index contributed by atoms with van der Waals surface area (Å²) in [6.45, 7) is 5.83. The molecule has 2 fully saturated rings. The van der Waals surface area contributed by atoms with E-state index in [-0.39, 0.29) is 30.2 Å². The monoisotopic (exact) mass is 448 g/mol. The predicted molar refractivity (Wildman–Crippen MR) is 125 cm³/mol. The van der Waals surface area contributed by atoms with Gasteiger partial charge in [0.25, 0.3) is 0 Å². The molecular weight excluding hydrogens is 419 g/mol. The first-order valence-corrected chi connectivity index (χ1v) is 11.4. The molecule has 1 heterocycles. The molecule has 33 heavy (non-hydrogen) atoms. The van der Waals surface area contributed by atoms with Gasteiger partial charge in [-0.15, -0.1) is 0 Å². The van der Waals surface area contributed by atoms with Gasteiger partial charge in [0.1, 0.15) is 11.9 Å². The van der Waals surface area contributed by atoms with Crippen LogP contribution in [0.25, 0.3) is 11.1 Å². The molecule has 172 valence electrons. The van der Waals surface area contributed by atoms with Crippen LogP contribution in [0.4, 0.5) is 10.1 Å². The number of nitriles is 1. The normalized spacial score (nSPS) is 26.5. The van der Waals surface area contributed by atoms with Gasteiger partial charge in [0.15, 0.2) is 0 Å². The Morgan fingerprint density at radius 3 is 2.42 bits per heavy atom. The molecule has 2 aliphatic rings. The number of nitrogens with zero attached hydrogens (tertiary/aromatic N) is 1. The van der Waals surface area contributed by atoms with Gasteiger partial charge in [-0.05, 0) is 59.1 Å². The Morgan fingerprint density at radius 1 is 1.15 bits per heavy atom. The summed E-state index contributed by atoms with van der Waals surface area (Å²) in [6.07, 6.45) is 1.09. The maximum Gasteiger partial charge on any atom is 0.238 e. The Balaban J connectivity index is 1.40. The number of amides is 2. The van der Waals surface area contributed by atoms with Crippen LogP contribution >= 0.6 is 0 Å². The zero-order valence-corrected chi connectivity index (χ0v) is 19.1. The summed E-state index contributed by atoms with van der Waals surface area (Å²) in [5.41, 5.74) is 2.55. The highest BCUT2D eigenvalue weighted by Gasteiger charge is 2.51. The van der Waals surface area contributed by atoms with Gasteiger partial charge < -0.3 is 16.0 Å². The molecule has 1 aliphatic heterocycles. The van der Waals surface area contributed by atoms with Gasteiger partial charge in [-0.3, -0.25) is 9.59 Å². The topological polar surface area (TPSA) is 94.0 Å². The van der Waals surface area contributed by atoms with Gasteiger partial charge >= 0.3 is 0 Å². The third kappa shape index (κ3) is 4.76. The molecule has 0 radical (unpaired) electrons. The van der Waals surface area contributed by atoms with Crippen molar-refractivity contribution in [3.05, 3.63) is 53.8 Å². The van der Waals surface area contributed by atoms with Crippen LogP contribution in [-0.2, 0) is 16.0 Å². The van der Waals surface area contributed by atoms with Crippen LogP contribution in [0, 0.1) is 34.9 Å². The minimum absolute atomic E-state index is 0.0998. The summed E-state index contributed by atoms with van der Waals surface area (Å²) in [5, 5.41) is 18.5. The number of hydrogen-bond donors (Lipinski definition) is 3. The van der Waals surface area contributed by atoms with Crippen molar-refractivity contribution in [2.45, 2.75) is 51.7 Å². The molecule has 1 saturated carbocycles. The lowest BCUT2D eigenvalue weighted by Crippen LogP contribution is -2.54. The summed E-state index contributed by atoms with van der Waals surface area (Å²) in [5.74, 6) is 0.525. The second kappa shape index (κ2) is 9.32. The van der Waals surface area contributed by atoms with E-state index in [1.54, 1.807) is 24.3 Å². The van der Waals surface area contributed by atoms with Crippen molar-refractivity contribution >= 4 is 17.5 Å². The second-order valence-corrected chi connectivity index (χ2v) is 9.33. The van der Waals surface area contributed by atoms with Crippen molar-refractivity contribution in [3.8, 4) is 17.2 Å². The lowest BCUT2D eigenvalue weighted by molar-refractivity contribution is -0.125. The van der Waals surface area contributed by atoms with Crippen LogP contribution in [0.3, 0.4) is 0 Å². The molecule has 2 bridgehead atoms. The van der Waals surface area contributed by atoms with Crippen molar-refractivity contribution in [2.75, 3.05) is 5.32 Å². The highest BCUT2D eigenvalue weighted by molar-refractivity contribution is 5.89. The average molecular weight is 449 g/mol. The first-order chi connectivity index (χ1) is 15.8. The number of carbonyl (C=O) groups is 2. The average Bonchev–Trinajstić information content (AvgIpc) is 3.34. The first-order valence-electron chi connectivity index (χ1n) is 11.4. The number of benzene rings is 2. The molecule has 0 aromatic heterocycles. The summed E-state index contributed by atoms with van der Waals surface area (Å²) in [4.78, 5) is 24.0. The SMILES string of the molecule is CC(=O)Nc1ccc(-c2ccc(C[C@@H](C#N)NC(=O)[C@H]3N[C@H]4C[C@@H]3[C@H](C)[C@@H]4C)c(F)c2)cc1. The van der Waals surface area contributed by atoms with E-state index in [1.807, 2.05) is 12.1 Å². The molecule has 6 nitrogen and oxygen atoms in total. The highest BCUT2D eigenvalue weighted by atomic mass is 19.1. The van der Waals surface area contributed by atoms with Crippen molar-refractivity contribution in [1.29, 1.82) is 5.26 Å². The molecule has 6 atom stereocenters. The smallest absolute Gasteiger partial charge is 0.238 e. The van der Waals surface area contributed by atoms with Crippen molar-refractivity contribution < 1.29 is 14.0 Å². The van der Waals surface area contributed by atoms with E-state index in [9.17, 15) is 19.2 Å². The lowest BCUT2D eigenvalue weighted by atomic mass is 9.84. The summed E-state index contributed by atoms with van der Waals surface area (Å²) in [6, 6.07) is 13.4. The Kier molecular flexibility index (Phi) is 6.48. The van der Waals surface area contributed by atoms with Gasteiger partial charge in [0, 0.05) is 25.1 Å². The fraction of sp³-hybridized carbons (Fsp3) is 0.423. The molecule has 2 aromatic rings. The predicted octanol–water partition coefficient (Wildman–Crippen LogP) is 3.63.